The molecule has 3 aromatic rings. The fourth-order valence-corrected chi connectivity index (χ4v) is 2.71. The van der Waals surface area contributed by atoms with Crippen molar-refractivity contribution >= 4 is 33.5 Å². The molecule has 1 aliphatic rings. The second-order valence-corrected chi connectivity index (χ2v) is 5.62. The fraction of sp³-hybridized carbons (Fsp3) is 0. The van der Waals surface area contributed by atoms with Crippen LogP contribution < -0.4 is 16.7 Å². The first-order valence-electron chi connectivity index (χ1n) is 7.47. The highest BCUT2D eigenvalue weighted by molar-refractivity contribution is 6.09. The predicted molar refractivity (Wildman–Crippen MR) is 91.1 cm³/mol. The summed E-state index contributed by atoms with van der Waals surface area (Å²) in [6, 6.07) is 10.3. The standard InChI is InChI=1S/C19H8O7/c20-15-6-2-9-1-4-11-13(7-9)18(23)26-19(24)14-8-10(15)3-5-12(14)17(22)25-16(11)21/h1-8H. The van der Waals surface area contributed by atoms with Crippen LogP contribution in [-0.2, 0) is 4.74 Å². The van der Waals surface area contributed by atoms with E-state index in [1.807, 2.05) is 0 Å². The molecule has 0 N–H and O–H groups in total. The number of carbonyl (C=O) groups excluding carboxylic acids is 2. The summed E-state index contributed by atoms with van der Waals surface area (Å²) in [6.07, 6.45) is 0. The van der Waals surface area contributed by atoms with Crippen LogP contribution in [0.25, 0.3) is 21.5 Å². The van der Waals surface area contributed by atoms with E-state index >= 15 is 0 Å². The van der Waals surface area contributed by atoms with E-state index in [-0.39, 0.29) is 27.3 Å². The lowest BCUT2D eigenvalue weighted by molar-refractivity contribution is 0.0400. The number of carbonyl (C=O) groups is 2. The van der Waals surface area contributed by atoms with Gasteiger partial charge in [0, 0.05) is 5.39 Å². The summed E-state index contributed by atoms with van der Waals surface area (Å²) in [6.45, 7) is 0. The molecule has 7 nitrogen and oxygen atoms in total. The Kier molecular flexibility index (Phi) is 3.37. The van der Waals surface area contributed by atoms with Crippen molar-refractivity contribution in [3.8, 4) is 0 Å². The Hall–Kier alpha value is -3.87. The first kappa shape index (κ1) is 15.6. The van der Waals surface area contributed by atoms with Gasteiger partial charge < -0.3 is 9.15 Å². The van der Waals surface area contributed by atoms with Gasteiger partial charge >= 0.3 is 23.2 Å². The normalized spacial score (nSPS) is 12.8. The van der Waals surface area contributed by atoms with Crippen molar-refractivity contribution in [3.63, 3.8) is 0 Å². The third-order valence-electron chi connectivity index (χ3n) is 4.03. The maximum atomic E-state index is 12.4. The molecule has 0 spiro atoms. The van der Waals surface area contributed by atoms with Crippen molar-refractivity contribution in [1.82, 2.24) is 0 Å². The molecule has 26 heavy (non-hydrogen) atoms. The highest BCUT2D eigenvalue weighted by Crippen LogP contribution is 2.16. The van der Waals surface area contributed by atoms with E-state index in [0.717, 1.165) is 6.07 Å². The van der Waals surface area contributed by atoms with Crippen molar-refractivity contribution in [2.45, 2.75) is 0 Å². The molecule has 1 aliphatic heterocycles. The summed E-state index contributed by atoms with van der Waals surface area (Å²) in [7, 11) is 0. The average molecular weight is 348 g/mol. The average Bonchev–Trinajstić information content (AvgIpc) is 2.63. The van der Waals surface area contributed by atoms with Crippen LogP contribution in [0.2, 0.25) is 0 Å². The first-order valence-corrected chi connectivity index (χ1v) is 7.47. The molecule has 4 bridgehead atoms. The van der Waals surface area contributed by atoms with Gasteiger partial charge in [-0.2, -0.15) is 0 Å². The molecule has 1 aromatic heterocycles. The van der Waals surface area contributed by atoms with E-state index in [1.165, 1.54) is 42.5 Å². The van der Waals surface area contributed by atoms with Crippen LogP contribution in [0.5, 0.6) is 0 Å². The molecule has 0 unspecified atom stereocenters. The number of fused-ring (bicyclic) bond motifs is 4. The molecule has 0 fully saturated rings. The minimum atomic E-state index is -1.12. The first-order chi connectivity index (χ1) is 12.4. The Balaban J connectivity index is 2.41. The van der Waals surface area contributed by atoms with Crippen molar-refractivity contribution in [3.05, 3.63) is 90.7 Å². The van der Waals surface area contributed by atoms with Crippen LogP contribution in [0.4, 0.5) is 0 Å². The zero-order chi connectivity index (χ0) is 18.4. The molecule has 2 heterocycles. The molecule has 0 saturated heterocycles. The molecule has 0 radical (unpaired) electrons. The van der Waals surface area contributed by atoms with E-state index in [4.69, 9.17) is 9.15 Å². The van der Waals surface area contributed by atoms with Crippen molar-refractivity contribution in [2.75, 3.05) is 0 Å². The SMILES string of the molecule is O=C1OC(=O)c2ccc3cc2c(=O)oc(=O)c2cc(ccc21)ccc3=O. The Morgan fingerprint density at radius 3 is 1.88 bits per heavy atom. The van der Waals surface area contributed by atoms with Crippen LogP contribution >= 0.6 is 0 Å². The van der Waals surface area contributed by atoms with Gasteiger partial charge in [-0.3, -0.25) is 4.79 Å². The lowest BCUT2D eigenvalue weighted by Crippen LogP contribution is -2.20. The predicted octanol–water partition coefficient (Wildman–Crippen LogP) is 1.54. The lowest BCUT2D eigenvalue weighted by atomic mass is 10.1. The fourth-order valence-electron chi connectivity index (χ4n) is 2.71. The monoisotopic (exact) mass is 348 g/mol. The maximum Gasteiger partial charge on any atom is 0.346 e. The van der Waals surface area contributed by atoms with Gasteiger partial charge in [0.05, 0.1) is 21.9 Å². The molecule has 2 aromatic carbocycles. The molecule has 0 saturated carbocycles. The summed E-state index contributed by atoms with van der Waals surface area (Å²) >= 11 is 0. The molecule has 7 heteroatoms. The van der Waals surface area contributed by atoms with Gasteiger partial charge in [0.2, 0.25) is 0 Å². The topological polar surface area (TPSA) is 108 Å². The summed E-state index contributed by atoms with van der Waals surface area (Å²) in [5, 5.41) is -0.0467. The van der Waals surface area contributed by atoms with Crippen molar-refractivity contribution < 1.29 is 18.7 Å². The van der Waals surface area contributed by atoms with E-state index in [0.29, 0.717) is 5.39 Å². The minimum Gasteiger partial charge on any atom is -0.386 e. The third kappa shape index (κ3) is 2.42. The minimum absolute atomic E-state index is 0.109. The molecule has 126 valence electrons. The summed E-state index contributed by atoms with van der Waals surface area (Å²) in [4.78, 5) is 61.7. The van der Waals surface area contributed by atoms with E-state index in [2.05, 4.69) is 0 Å². The van der Waals surface area contributed by atoms with Gasteiger partial charge in [0.15, 0.2) is 5.43 Å². The molecule has 0 aliphatic carbocycles. The second-order valence-electron chi connectivity index (χ2n) is 5.62. The summed E-state index contributed by atoms with van der Waals surface area (Å²) in [5.41, 5.74) is -3.10. The smallest absolute Gasteiger partial charge is 0.346 e. The number of ether oxygens (including phenoxy) is 1. The van der Waals surface area contributed by atoms with E-state index in [9.17, 15) is 24.0 Å². The van der Waals surface area contributed by atoms with Crippen LogP contribution in [-0.4, -0.2) is 11.9 Å². The van der Waals surface area contributed by atoms with Gasteiger partial charge in [-0.25, -0.2) is 19.2 Å². The van der Waals surface area contributed by atoms with Crippen LogP contribution in [0.1, 0.15) is 20.7 Å². The molecular formula is C19H8O7. The van der Waals surface area contributed by atoms with Crippen LogP contribution in [0, 0.1) is 0 Å². The zero-order valence-electron chi connectivity index (χ0n) is 13.0. The number of esters is 2. The largest absolute Gasteiger partial charge is 0.386 e. The summed E-state index contributed by atoms with van der Waals surface area (Å²) in [5.74, 6) is -2.13. The van der Waals surface area contributed by atoms with Gasteiger partial charge in [-0.15, -0.1) is 0 Å². The van der Waals surface area contributed by atoms with Gasteiger partial charge in [-0.1, -0.05) is 18.2 Å². The van der Waals surface area contributed by atoms with Crippen molar-refractivity contribution in [2.24, 2.45) is 0 Å². The Morgan fingerprint density at radius 2 is 1.19 bits per heavy atom. The Bertz CT molecular complexity index is 1350. The third-order valence-corrected chi connectivity index (χ3v) is 4.03. The molecule has 0 amide bonds. The molecule has 0 atom stereocenters. The highest BCUT2D eigenvalue weighted by atomic mass is 16.6. The van der Waals surface area contributed by atoms with E-state index < -0.39 is 28.6 Å². The second kappa shape index (κ2) is 5.59. The zero-order valence-corrected chi connectivity index (χ0v) is 13.0. The number of hydrogen-bond donors (Lipinski definition) is 0. The lowest BCUT2D eigenvalue weighted by Gasteiger charge is -2.06. The molecule has 4 rings (SSSR count). The number of hydrogen-bond acceptors (Lipinski definition) is 7. The van der Waals surface area contributed by atoms with Crippen molar-refractivity contribution in [1.29, 1.82) is 0 Å². The van der Waals surface area contributed by atoms with Gasteiger partial charge in [0.25, 0.3) is 0 Å². The number of rotatable bonds is 0. The maximum absolute atomic E-state index is 12.4. The highest BCUT2D eigenvalue weighted by Gasteiger charge is 2.21. The van der Waals surface area contributed by atoms with Gasteiger partial charge in [-0.05, 0) is 35.7 Å². The summed E-state index contributed by atoms with van der Waals surface area (Å²) < 4.78 is 9.61. The quantitative estimate of drug-likeness (QED) is 0.448. The van der Waals surface area contributed by atoms with Crippen LogP contribution in [0.15, 0.2) is 67.3 Å². The van der Waals surface area contributed by atoms with Gasteiger partial charge in [0.1, 0.15) is 0 Å². The van der Waals surface area contributed by atoms with E-state index in [1.54, 1.807) is 0 Å². The number of benzene rings is 2. The Morgan fingerprint density at radius 1 is 0.615 bits per heavy atom. The van der Waals surface area contributed by atoms with Crippen LogP contribution in [0.3, 0.4) is 0 Å². The number of cyclic esters (lactones) is 2. The Labute approximate surface area is 143 Å². The molecular weight excluding hydrogens is 340 g/mol.